The van der Waals surface area contributed by atoms with Crippen LogP contribution in [0.2, 0.25) is 0 Å². The number of imide groups is 1. The fourth-order valence-corrected chi connectivity index (χ4v) is 3.71. The van der Waals surface area contributed by atoms with Crippen molar-refractivity contribution in [2.24, 2.45) is 0 Å². The average molecular weight is 385 g/mol. The van der Waals surface area contributed by atoms with Crippen LogP contribution in [-0.4, -0.2) is 22.9 Å². The number of carbonyl (C=O) groups excluding carboxylic acids is 2. The number of hydrogen-bond acceptors (Lipinski definition) is 3. The zero-order chi connectivity index (χ0) is 20.1. The average Bonchev–Trinajstić information content (AvgIpc) is 3.14. The number of amides is 2. The Balaban J connectivity index is 1.40. The number of hydrogen-bond donors (Lipinski definition) is 0. The highest BCUT2D eigenvalue weighted by Gasteiger charge is 2.36. The Morgan fingerprint density at radius 3 is 2.14 bits per heavy atom. The van der Waals surface area contributed by atoms with Gasteiger partial charge in [0.2, 0.25) is 5.91 Å². The summed E-state index contributed by atoms with van der Waals surface area (Å²) in [6.07, 6.45) is 1.14. The molecular weight excluding hydrogens is 362 g/mol. The Kier molecular flexibility index (Phi) is 5.71. The summed E-state index contributed by atoms with van der Waals surface area (Å²) in [5.41, 5.74) is 4.32. The molecule has 0 unspecified atom stereocenters. The van der Waals surface area contributed by atoms with E-state index >= 15 is 0 Å². The Morgan fingerprint density at radius 1 is 0.828 bits per heavy atom. The van der Waals surface area contributed by atoms with E-state index in [1.165, 1.54) is 10.5 Å². The largest absolute Gasteiger partial charge is 0.444 e. The molecule has 0 saturated carbocycles. The maximum absolute atomic E-state index is 12.6. The van der Waals surface area contributed by atoms with Gasteiger partial charge in [-0.25, -0.2) is 9.69 Å². The standard InChI is InChI=1S/C25H23NO3/c27-24-16-15-23(26(24)25(28)29-18-20-7-3-1-4-8-20)17-19-11-13-22(14-12-19)21-9-5-2-6-10-21/h1-14,23H,15-18H2/t23-/m0/s1. The molecule has 4 heteroatoms. The van der Waals surface area contributed by atoms with Crippen molar-refractivity contribution in [1.29, 1.82) is 0 Å². The molecule has 29 heavy (non-hydrogen) atoms. The SMILES string of the molecule is O=C1CC[C@@H](Cc2ccc(-c3ccccc3)cc2)N1C(=O)OCc1ccccc1. The summed E-state index contributed by atoms with van der Waals surface area (Å²) in [4.78, 5) is 26.1. The highest BCUT2D eigenvalue weighted by molar-refractivity contribution is 5.94. The molecular formula is C25H23NO3. The molecule has 4 rings (SSSR count). The minimum atomic E-state index is -0.553. The molecule has 0 radical (unpaired) electrons. The highest BCUT2D eigenvalue weighted by atomic mass is 16.6. The Bertz CT molecular complexity index is 968. The number of benzene rings is 3. The quantitative estimate of drug-likeness (QED) is 0.605. The highest BCUT2D eigenvalue weighted by Crippen LogP contribution is 2.25. The molecule has 0 aliphatic carbocycles. The van der Waals surface area contributed by atoms with Gasteiger partial charge in [0.05, 0.1) is 0 Å². The molecule has 1 heterocycles. The number of nitrogens with zero attached hydrogens (tertiary/aromatic N) is 1. The molecule has 1 fully saturated rings. The summed E-state index contributed by atoms with van der Waals surface area (Å²) in [6, 6.07) is 27.8. The fourth-order valence-electron chi connectivity index (χ4n) is 3.71. The lowest BCUT2D eigenvalue weighted by Crippen LogP contribution is -2.40. The van der Waals surface area contributed by atoms with E-state index in [2.05, 4.69) is 36.4 Å². The second-order valence-electron chi connectivity index (χ2n) is 7.26. The van der Waals surface area contributed by atoms with Gasteiger partial charge in [0, 0.05) is 12.5 Å². The lowest BCUT2D eigenvalue weighted by molar-refractivity contribution is -0.127. The van der Waals surface area contributed by atoms with Crippen LogP contribution in [-0.2, 0) is 22.6 Å². The minimum Gasteiger partial charge on any atom is -0.444 e. The number of rotatable bonds is 5. The zero-order valence-electron chi connectivity index (χ0n) is 16.2. The van der Waals surface area contributed by atoms with E-state index in [1.807, 2.05) is 48.5 Å². The molecule has 1 aliphatic heterocycles. The van der Waals surface area contributed by atoms with Gasteiger partial charge in [-0.2, -0.15) is 0 Å². The van der Waals surface area contributed by atoms with Crippen molar-refractivity contribution < 1.29 is 14.3 Å². The molecule has 2 amide bonds. The van der Waals surface area contributed by atoms with Crippen molar-refractivity contribution in [3.63, 3.8) is 0 Å². The third-order valence-corrected chi connectivity index (χ3v) is 5.26. The van der Waals surface area contributed by atoms with Crippen molar-refractivity contribution in [3.8, 4) is 11.1 Å². The first-order valence-corrected chi connectivity index (χ1v) is 9.88. The van der Waals surface area contributed by atoms with Crippen molar-refractivity contribution >= 4 is 12.0 Å². The van der Waals surface area contributed by atoms with E-state index in [4.69, 9.17) is 4.74 Å². The molecule has 1 aliphatic rings. The molecule has 3 aromatic carbocycles. The molecule has 0 aromatic heterocycles. The van der Waals surface area contributed by atoms with Crippen molar-refractivity contribution in [1.82, 2.24) is 4.90 Å². The van der Waals surface area contributed by atoms with Crippen LogP contribution < -0.4 is 0 Å². The van der Waals surface area contributed by atoms with E-state index in [0.717, 1.165) is 16.7 Å². The van der Waals surface area contributed by atoms with Crippen LogP contribution in [0, 0.1) is 0 Å². The van der Waals surface area contributed by atoms with Crippen LogP contribution in [0.15, 0.2) is 84.9 Å². The monoisotopic (exact) mass is 385 g/mol. The Labute approximate surface area is 170 Å². The molecule has 0 spiro atoms. The van der Waals surface area contributed by atoms with Crippen LogP contribution in [0.25, 0.3) is 11.1 Å². The van der Waals surface area contributed by atoms with Gasteiger partial charge in [-0.15, -0.1) is 0 Å². The van der Waals surface area contributed by atoms with Gasteiger partial charge >= 0.3 is 6.09 Å². The third kappa shape index (κ3) is 4.54. The lowest BCUT2D eigenvalue weighted by atomic mass is 10.00. The maximum Gasteiger partial charge on any atom is 0.417 e. The molecule has 0 N–H and O–H groups in total. The van der Waals surface area contributed by atoms with Crippen molar-refractivity contribution in [2.45, 2.75) is 31.9 Å². The van der Waals surface area contributed by atoms with Gasteiger partial charge in [0.25, 0.3) is 0 Å². The molecule has 1 saturated heterocycles. The van der Waals surface area contributed by atoms with Crippen molar-refractivity contribution in [3.05, 3.63) is 96.1 Å². The van der Waals surface area contributed by atoms with Gasteiger partial charge in [0.15, 0.2) is 0 Å². The van der Waals surface area contributed by atoms with E-state index < -0.39 is 6.09 Å². The summed E-state index contributed by atoms with van der Waals surface area (Å²) in [7, 11) is 0. The van der Waals surface area contributed by atoms with Gasteiger partial charge in [-0.1, -0.05) is 84.9 Å². The summed E-state index contributed by atoms with van der Waals surface area (Å²) < 4.78 is 5.39. The van der Waals surface area contributed by atoms with Crippen LogP contribution in [0.4, 0.5) is 4.79 Å². The third-order valence-electron chi connectivity index (χ3n) is 5.26. The predicted molar refractivity (Wildman–Crippen MR) is 112 cm³/mol. The van der Waals surface area contributed by atoms with Crippen LogP contribution in [0.5, 0.6) is 0 Å². The number of ether oxygens (including phenoxy) is 1. The first kappa shape index (κ1) is 18.9. The smallest absolute Gasteiger partial charge is 0.417 e. The second kappa shape index (κ2) is 8.74. The Morgan fingerprint density at radius 2 is 1.45 bits per heavy atom. The van der Waals surface area contributed by atoms with Gasteiger partial charge in [-0.3, -0.25) is 4.79 Å². The maximum atomic E-state index is 12.6. The van der Waals surface area contributed by atoms with Crippen LogP contribution in [0.1, 0.15) is 24.0 Å². The van der Waals surface area contributed by atoms with E-state index in [9.17, 15) is 9.59 Å². The normalized spacial score (nSPS) is 16.1. The summed E-state index contributed by atoms with van der Waals surface area (Å²) in [6.45, 7) is 0.169. The molecule has 3 aromatic rings. The van der Waals surface area contributed by atoms with E-state index in [0.29, 0.717) is 19.3 Å². The predicted octanol–water partition coefficient (Wildman–Crippen LogP) is 5.22. The van der Waals surface area contributed by atoms with Crippen LogP contribution in [0.3, 0.4) is 0 Å². The van der Waals surface area contributed by atoms with E-state index in [-0.39, 0.29) is 18.6 Å². The molecule has 1 atom stereocenters. The molecule has 146 valence electrons. The number of carbonyl (C=O) groups is 2. The lowest BCUT2D eigenvalue weighted by Gasteiger charge is -2.22. The summed E-state index contributed by atoms with van der Waals surface area (Å²) >= 11 is 0. The topological polar surface area (TPSA) is 46.6 Å². The first-order chi connectivity index (χ1) is 14.2. The van der Waals surface area contributed by atoms with Crippen LogP contribution >= 0.6 is 0 Å². The number of likely N-dealkylation sites (tertiary alicyclic amines) is 1. The second-order valence-corrected chi connectivity index (χ2v) is 7.26. The summed E-state index contributed by atoms with van der Waals surface area (Å²) in [5.74, 6) is -0.158. The fraction of sp³-hybridized carbons (Fsp3) is 0.200. The van der Waals surface area contributed by atoms with Gasteiger partial charge in [0.1, 0.15) is 6.61 Å². The zero-order valence-corrected chi connectivity index (χ0v) is 16.2. The van der Waals surface area contributed by atoms with Crippen molar-refractivity contribution in [2.75, 3.05) is 0 Å². The Hall–Kier alpha value is -3.40. The van der Waals surface area contributed by atoms with Gasteiger partial charge < -0.3 is 4.74 Å². The first-order valence-electron chi connectivity index (χ1n) is 9.88. The van der Waals surface area contributed by atoms with Gasteiger partial charge in [-0.05, 0) is 35.1 Å². The summed E-state index contributed by atoms with van der Waals surface area (Å²) in [5, 5.41) is 0. The van der Waals surface area contributed by atoms with E-state index in [1.54, 1.807) is 0 Å². The molecule has 0 bridgehead atoms. The molecule has 4 nitrogen and oxygen atoms in total. The minimum absolute atomic E-state index is 0.158.